The molecule has 10 N–H and O–H groups in total. The average Bonchev–Trinajstić information content (AvgIpc) is 3.62. The summed E-state index contributed by atoms with van der Waals surface area (Å²) in [7, 11) is 2.82. The molecule has 0 aromatic heterocycles. The number of benzene rings is 2. The minimum atomic E-state index is -2.78. The van der Waals surface area contributed by atoms with E-state index in [0.717, 1.165) is 43.6 Å². The average molecular weight is 897 g/mol. The van der Waals surface area contributed by atoms with Gasteiger partial charge in [0.1, 0.15) is 56.4 Å². The third-order valence-electron chi connectivity index (χ3n) is 11.0. The summed E-state index contributed by atoms with van der Waals surface area (Å²) < 4.78 is 42.1. The predicted octanol–water partition coefficient (Wildman–Crippen LogP) is -3.95. The molecule has 0 bridgehead atoms. The molecule has 0 spiro atoms. The number of rotatable bonds is 18. The predicted molar refractivity (Wildman–Crippen MR) is 207 cm³/mol. The molecule has 5 rings (SSSR count). The van der Waals surface area contributed by atoms with Crippen LogP contribution in [0.2, 0.25) is 0 Å². The van der Waals surface area contributed by atoms with Gasteiger partial charge in [0, 0.05) is 18.8 Å². The number of esters is 3. The van der Waals surface area contributed by atoms with Crippen LogP contribution >= 0.6 is 0 Å². The Morgan fingerprint density at radius 2 is 1.13 bits per heavy atom. The van der Waals surface area contributed by atoms with Gasteiger partial charge in [-0.15, -0.1) is 0 Å². The van der Waals surface area contributed by atoms with Gasteiger partial charge in [0.25, 0.3) is 11.6 Å². The number of methoxy groups -OCH3 is 3. The van der Waals surface area contributed by atoms with Crippen molar-refractivity contribution in [3.05, 3.63) is 59.7 Å². The standard InChI is InChI=1S/C40H52N2O21/c1-56-29(50)18-61-40(37(54)58-3)12-24(45)30(34(62-40)32(51)26(47)14-43)41-28(49)17-60-39(36(53)57-2)13-25(46)31(35(63-39)33(52)27(48)15-44)42-38(55)59-16-23-21-10-6-4-8-19(21)20-9-5-7-11-22(20)23/h4-11,23-27,30-35,43-48,51-52H,12-18H2,1-3H3,(H,41,49)(H,42,55)/t24-,25-,26+,27+,30+,31+,32+,33+,34+,35+,39+,40+/m0/s1. The normalized spacial score (nSPS) is 28.6. The second-order valence-corrected chi connectivity index (χ2v) is 14.9. The maximum Gasteiger partial charge on any atom is 0.407 e. The highest BCUT2D eigenvalue weighted by Crippen LogP contribution is 2.44. The molecule has 3 aliphatic rings. The Morgan fingerprint density at radius 1 is 0.683 bits per heavy atom. The fraction of sp³-hybridized carbons (Fsp3) is 0.575. The van der Waals surface area contributed by atoms with Gasteiger partial charge in [-0.25, -0.2) is 19.2 Å². The lowest BCUT2D eigenvalue weighted by Gasteiger charge is -2.47. The Bertz CT molecular complexity index is 1890. The zero-order valence-corrected chi connectivity index (χ0v) is 34.3. The molecular weight excluding hydrogens is 844 g/mol. The second-order valence-electron chi connectivity index (χ2n) is 14.9. The highest BCUT2D eigenvalue weighted by atomic mass is 16.8. The topological polar surface area (TPSA) is 345 Å². The Balaban J connectivity index is 1.33. The lowest BCUT2D eigenvalue weighted by molar-refractivity contribution is -0.313. The molecule has 23 heteroatoms. The molecule has 0 radical (unpaired) electrons. The summed E-state index contributed by atoms with van der Waals surface area (Å²) in [5, 5.41) is 89.4. The number of carbonyl (C=O) groups is 5. The number of fused-ring (bicyclic) bond motifs is 3. The third-order valence-corrected chi connectivity index (χ3v) is 11.0. The molecule has 2 heterocycles. The van der Waals surface area contributed by atoms with Crippen molar-refractivity contribution in [2.45, 2.75) is 91.2 Å². The zero-order chi connectivity index (χ0) is 46.2. The molecule has 2 aliphatic heterocycles. The van der Waals surface area contributed by atoms with Crippen LogP contribution in [0.25, 0.3) is 11.1 Å². The van der Waals surface area contributed by atoms with Gasteiger partial charge < -0.3 is 89.4 Å². The van der Waals surface area contributed by atoms with E-state index in [2.05, 4.69) is 15.4 Å². The lowest BCUT2D eigenvalue weighted by Crippen LogP contribution is -2.69. The second kappa shape index (κ2) is 21.2. The van der Waals surface area contributed by atoms with Crippen LogP contribution in [0, 0.1) is 0 Å². The molecule has 2 saturated heterocycles. The van der Waals surface area contributed by atoms with Crippen LogP contribution in [0.5, 0.6) is 0 Å². The minimum absolute atomic E-state index is 0.165. The van der Waals surface area contributed by atoms with Crippen molar-refractivity contribution in [1.29, 1.82) is 0 Å². The van der Waals surface area contributed by atoms with Crippen LogP contribution in [0.3, 0.4) is 0 Å². The van der Waals surface area contributed by atoms with Crippen molar-refractivity contribution in [3.8, 4) is 11.1 Å². The van der Waals surface area contributed by atoms with Gasteiger partial charge in [0.2, 0.25) is 5.91 Å². The van der Waals surface area contributed by atoms with E-state index in [0.29, 0.717) is 0 Å². The van der Waals surface area contributed by atoms with Gasteiger partial charge in [0.05, 0.1) is 58.8 Å². The van der Waals surface area contributed by atoms with Gasteiger partial charge in [-0.3, -0.25) is 4.79 Å². The molecule has 2 aromatic carbocycles. The van der Waals surface area contributed by atoms with E-state index in [9.17, 15) is 64.8 Å². The summed E-state index contributed by atoms with van der Waals surface area (Å²) in [4.78, 5) is 65.0. The van der Waals surface area contributed by atoms with Crippen LogP contribution in [0.15, 0.2) is 48.5 Å². The van der Waals surface area contributed by atoms with Crippen LogP contribution in [-0.4, -0.2) is 198 Å². The molecule has 0 saturated carbocycles. The van der Waals surface area contributed by atoms with Crippen molar-refractivity contribution in [2.24, 2.45) is 0 Å². The van der Waals surface area contributed by atoms with Crippen LogP contribution in [0.1, 0.15) is 29.9 Å². The summed E-state index contributed by atoms with van der Waals surface area (Å²) in [6, 6.07) is 11.7. The number of carbonyl (C=O) groups excluding carboxylic acids is 5. The quantitative estimate of drug-likeness (QED) is 0.0504. The van der Waals surface area contributed by atoms with Crippen LogP contribution in [-0.2, 0) is 57.1 Å². The van der Waals surface area contributed by atoms with Crippen molar-refractivity contribution >= 4 is 29.9 Å². The number of aliphatic hydroxyl groups is 8. The van der Waals surface area contributed by atoms with Gasteiger partial charge in [-0.1, -0.05) is 48.5 Å². The molecule has 63 heavy (non-hydrogen) atoms. The first-order valence-electron chi connectivity index (χ1n) is 19.6. The fourth-order valence-electron chi connectivity index (χ4n) is 7.80. The molecule has 348 valence electrons. The SMILES string of the molecule is COC(=O)CO[C@]1(C(=O)OC)C[C@H](O)[C@@H](NC(=O)CO[C@]2(C(=O)OC)C[C@H](O)[C@@H](NC(=O)OCC3c4ccccc4-c4ccccc43)[C@H]([C@H](O)[C@H](O)CO)O2)[C@H]([C@H](O)[C@H](O)CO)O1. The summed E-state index contributed by atoms with van der Waals surface area (Å²) in [6.45, 7) is -4.43. The summed E-state index contributed by atoms with van der Waals surface area (Å²) in [5.74, 6) is -10.7. The first-order chi connectivity index (χ1) is 30.0. The number of nitrogens with one attached hydrogen (secondary N) is 2. The van der Waals surface area contributed by atoms with Crippen molar-refractivity contribution in [3.63, 3.8) is 0 Å². The molecule has 2 fully saturated rings. The van der Waals surface area contributed by atoms with Crippen LogP contribution < -0.4 is 10.6 Å². The van der Waals surface area contributed by atoms with E-state index < -0.39 is 142 Å². The zero-order valence-electron chi connectivity index (χ0n) is 34.3. The summed E-state index contributed by atoms with van der Waals surface area (Å²) in [5.41, 5.74) is 3.71. The Hall–Kier alpha value is -4.89. The van der Waals surface area contributed by atoms with Gasteiger partial charge in [-0.05, 0) is 22.3 Å². The Kier molecular flexibility index (Phi) is 16.5. The fourth-order valence-corrected chi connectivity index (χ4v) is 7.80. The van der Waals surface area contributed by atoms with Gasteiger partial charge in [-0.2, -0.15) is 0 Å². The maximum atomic E-state index is 13.5. The molecule has 12 atom stereocenters. The third kappa shape index (κ3) is 10.6. The molecule has 2 amide bonds. The smallest absolute Gasteiger partial charge is 0.407 e. The van der Waals surface area contributed by atoms with E-state index in [-0.39, 0.29) is 12.5 Å². The molecule has 23 nitrogen and oxygen atoms in total. The van der Waals surface area contributed by atoms with E-state index in [1.54, 1.807) is 0 Å². The highest BCUT2D eigenvalue weighted by Gasteiger charge is 2.59. The number of aliphatic hydroxyl groups excluding tert-OH is 8. The number of amides is 2. The highest BCUT2D eigenvalue weighted by molar-refractivity contribution is 5.82. The van der Waals surface area contributed by atoms with Crippen LogP contribution in [0.4, 0.5) is 4.79 Å². The Labute approximate surface area is 359 Å². The first kappa shape index (κ1) is 49.1. The van der Waals surface area contributed by atoms with Crippen molar-refractivity contribution < 1.29 is 103 Å². The van der Waals surface area contributed by atoms with Crippen molar-refractivity contribution in [2.75, 3.05) is 54.4 Å². The van der Waals surface area contributed by atoms with E-state index in [1.807, 2.05) is 48.5 Å². The van der Waals surface area contributed by atoms with Gasteiger partial charge in [0.15, 0.2) is 0 Å². The molecular formula is C40H52N2O21. The van der Waals surface area contributed by atoms with Crippen molar-refractivity contribution in [1.82, 2.24) is 10.6 Å². The maximum absolute atomic E-state index is 13.5. The van der Waals surface area contributed by atoms with Gasteiger partial charge >= 0.3 is 24.0 Å². The van der Waals surface area contributed by atoms with E-state index in [4.69, 9.17) is 33.2 Å². The summed E-state index contributed by atoms with van der Waals surface area (Å²) in [6.07, 6.45) is -18.9. The van der Waals surface area contributed by atoms with E-state index >= 15 is 0 Å². The number of alkyl carbamates (subject to hydrolysis) is 1. The lowest BCUT2D eigenvalue weighted by atomic mass is 9.88. The molecule has 2 aromatic rings. The summed E-state index contributed by atoms with van der Waals surface area (Å²) >= 11 is 0. The first-order valence-corrected chi connectivity index (χ1v) is 19.6. The Morgan fingerprint density at radius 3 is 1.57 bits per heavy atom. The largest absolute Gasteiger partial charge is 0.467 e. The molecule has 1 aliphatic carbocycles. The molecule has 0 unspecified atom stereocenters. The van der Waals surface area contributed by atoms with E-state index in [1.165, 1.54) is 0 Å². The monoisotopic (exact) mass is 896 g/mol. The number of ether oxygens (including phenoxy) is 8. The number of hydrogen-bond acceptors (Lipinski definition) is 21. The minimum Gasteiger partial charge on any atom is -0.467 e. The number of hydrogen-bond donors (Lipinski definition) is 10.